The first-order chi connectivity index (χ1) is 11.1. The van der Waals surface area contributed by atoms with E-state index in [0.717, 1.165) is 45.0 Å². The molecule has 3 heterocycles. The highest BCUT2D eigenvalue weighted by molar-refractivity contribution is 5.81. The first kappa shape index (κ1) is 16.4. The van der Waals surface area contributed by atoms with E-state index in [1.54, 1.807) is 0 Å². The van der Waals surface area contributed by atoms with Gasteiger partial charge in [-0.25, -0.2) is 0 Å². The van der Waals surface area contributed by atoms with Gasteiger partial charge in [0.05, 0.1) is 12.3 Å². The third-order valence-electron chi connectivity index (χ3n) is 4.93. The fourth-order valence-corrected chi connectivity index (χ4v) is 3.32. The van der Waals surface area contributed by atoms with Gasteiger partial charge >= 0.3 is 0 Å². The molecule has 0 aromatic carbocycles. The van der Waals surface area contributed by atoms with Crippen molar-refractivity contribution in [3.8, 4) is 0 Å². The summed E-state index contributed by atoms with van der Waals surface area (Å²) in [5.41, 5.74) is 3.64. The van der Waals surface area contributed by atoms with Gasteiger partial charge in [0.25, 0.3) is 5.91 Å². The molecule has 2 aliphatic heterocycles. The zero-order valence-electron chi connectivity index (χ0n) is 14.3. The minimum atomic E-state index is -0.307. The van der Waals surface area contributed by atoms with Crippen LogP contribution in [0.3, 0.4) is 0 Å². The first-order valence-electron chi connectivity index (χ1n) is 8.39. The summed E-state index contributed by atoms with van der Waals surface area (Å²) in [5, 5.41) is 7.70. The average molecular weight is 321 g/mol. The van der Waals surface area contributed by atoms with Crippen molar-refractivity contribution >= 4 is 5.91 Å². The van der Waals surface area contributed by atoms with Gasteiger partial charge in [-0.05, 0) is 13.8 Å². The van der Waals surface area contributed by atoms with Gasteiger partial charge in [0, 0.05) is 64.1 Å². The highest BCUT2D eigenvalue weighted by Crippen LogP contribution is 2.16. The van der Waals surface area contributed by atoms with Gasteiger partial charge in [0.2, 0.25) is 0 Å². The maximum Gasteiger partial charge on any atom is 0.253 e. The standard InChI is InChI=1S/C16H27N5O2/c1-12-14(13(2)19(3)18-12)11-20-5-7-21(8-6-20)16(22)15-10-17-4-9-23-15/h15,17H,4-11H2,1-3H3. The van der Waals surface area contributed by atoms with Crippen LogP contribution in [0.2, 0.25) is 0 Å². The predicted molar refractivity (Wildman–Crippen MR) is 87.1 cm³/mol. The second-order valence-corrected chi connectivity index (χ2v) is 6.44. The second kappa shape index (κ2) is 6.98. The fraction of sp³-hybridized carbons (Fsp3) is 0.750. The number of hydrogen-bond acceptors (Lipinski definition) is 5. The molecule has 1 N–H and O–H groups in total. The summed E-state index contributed by atoms with van der Waals surface area (Å²) in [4.78, 5) is 16.8. The van der Waals surface area contributed by atoms with Gasteiger partial charge < -0.3 is 15.0 Å². The summed E-state index contributed by atoms with van der Waals surface area (Å²) in [6.07, 6.45) is -0.307. The number of aryl methyl sites for hydroxylation is 2. The van der Waals surface area contributed by atoms with E-state index < -0.39 is 0 Å². The van der Waals surface area contributed by atoms with E-state index in [2.05, 4.69) is 29.2 Å². The Bertz CT molecular complexity index is 557. The SMILES string of the molecule is Cc1nn(C)c(C)c1CN1CCN(C(=O)C2CNCCO2)CC1. The van der Waals surface area contributed by atoms with Gasteiger partial charge in [0.1, 0.15) is 6.10 Å². The molecule has 7 nitrogen and oxygen atoms in total. The number of rotatable bonds is 3. The number of carbonyl (C=O) groups is 1. The maximum absolute atomic E-state index is 12.5. The van der Waals surface area contributed by atoms with Crippen molar-refractivity contribution in [2.75, 3.05) is 45.9 Å². The largest absolute Gasteiger partial charge is 0.366 e. The quantitative estimate of drug-likeness (QED) is 0.826. The lowest BCUT2D eigenvalue weighted by molar-refractivity contribution is -0.147. The van der Waals surface area contributed by atoms with Gasteiger partial charge in [-0.3, -0.25) is 14.4 Å². The number of ether oxygens (including phenoxy) is 1. The second-order valence-electron chi connectivity index (χ2n) is 6.44. The molecule has 0 spiro atoms. The smallest absolute Gasteiger partial charge is 0.253 e. The molecule has 0 bridgehead atoms. The van der Waals surface area contributed by atoms with Gasteiger partial charge in [-0.15, -0.1) is 0 Å². The summed E-state index contributed by atoms with van der Waals surface area (Å²) in [6, 6.07) is 0. The van der Waals surface area contributed by atoms with Crippen molar-refractivity contribution in [3.05, 3.63) is 17.0 Å². The summed E-state index contributed by atoms with van der Waals surface area (Å²) in [7, 11) is 1.99. The molecule has 3 rings (SSSR count). The van der Waals surface area contributed by atoms with Crippen LogP contribution in [0.1, 0.15) is 17.0 Å². The van der Waals surface area contributed by atoms with Crippen molar-refractivity contribution < 1.29 is 9.53 Å². The van der Waals surface area contributed by atoms with Crippen LogP contribution in [-0.2, 0) is 23.1 Å². The molecule has 2 aliphatic rings. The van der Waals surface area contributed by atoms with Crippen LogP contribution in [0, 0.1) is 13.8 Å². The third-order valence-corrected chi connectivity index (χ3v) is 4.93. The normalized spacial score (nSPS) is 23.3. The molecule has 1 atom stereocenters. The van der Waals surface area contributed by atoms with Crippen LogP contribution >= 0.6 is 0 Å². The van der Waals surface area contributed by atoms with E-state index in [1.165, 1.54) is 11.3 Å². The van der Waals surface area contributed by atoms with Crippen LogP contribution in [0.5, 0.6) is 0 Å². The van der Waals surface area contributed by atoms with Crippen LogP contribution in [0.25, 0.3) is 0 Å². The Kier molecular flexibility index (Phi) is 4.99. The van der Waals surface area contributed by atoms with Crippen molar-refractivity contribution in [3.63, 3.8) is 0 Å². The maximum atomic E-state index is 12.5. The third kappa shape index (κ3) is 3.57. The highest BCUT2D eigenvalue weighted by Gasteiger charge is 2.29. The minimum Gasteiger partial charge on any atom is -0.366 e. The highest BCUT2D eigenvalue weighted by atomic mass is 16.5. The molecule has 1 amide bonds. The van der Waals surface area contributed by atoms with Crippen molar-refractivity contribution in [1.82, 2.24) is 24.9 Å². The van der Waals surface area contributed by atoms with Crippen LogP contribution in [-0.4, -0.2) is 77.5 Å². The van der Waals surface area contributed by atoms with Crippen molar-refractivity contribution in [1.29, 1.82) is 0 Å². The molecular formula is C16H27N5O2. The predicted octanol–water partition coefficient (Wildman–Crippen LogP) is -0.330. The number of carbonyl (C=O) groups excluding carboxylic acids is 1. The number of nitrogens with zero attached hydrogens (tertiary/aromatic N) is 4. The van der Waals surface area contributed by atoms with E-state index >= 15 is 0 Å². The molecule has 0 saturated carbocycles. The summed E-state index contributed by atoms with van der Waals surface area (Å²) < 4.78 is 7.51. The number of morpholine rings is 1. The number of aromatic nitrogens is 2. The summed E-state index contributed by atoms with van der Waals surface area (Å²) >= 11 is 0. The molecule has 2 fully saturated rings. The van der Waals surface area contributed by atoms with Gasteiger partial charge in [-0.1, -0.05) is 0 Å². The van der Waals surface area contributed by atoms with Gasteiger partial charge in [-0.2, -0.15) is 5.10 Å². The number of hydrogen-bond donors (Lipinski definition) is 1. The Morgan fingerprint density at radius 2 is 2.04 bits per heavy atom. The van der Waals surface area contributed by atoms with Gasteiger partial charge in [0.15, 0.2) is 0 Å². The van der Waals surface area contributed by atoms with E-state index in [1.807, 2.05) is 16.6 Å². The van der Waals surface area contributed by atoms with Crippen molar-refractivity contribution in [2.24, 2.45) is 7.05 Å². The minimum absolute atomic E-state index is 0.130. The monoisotopic (exact) mass is 321 g/mol. The molecule has 23 heavy (non-hydrogen) atoms. The average Bonchev–Trinajstić information content (AvgIpc) is 2.82. The van der Waals surface area contributed by atoms with Crippen LogP contribution in [0.15, 0.2) is 0 Å². The molecule has 128 valence electrons. The van der Waals surface area contributed by atoms with Crippen LogP contribution < -0.4 is 5.32 Å². The summed E-state index contributed by atoms with van der Waals surface area (Å²) in [6.45, 7) is 10.5. The molecule has 7 heteroatoms. The summed E-state index contributed by atoms with van der Waals surface area (Å²) in [5.74, 6) is 0.130. The van der Waals surface area contributed by atoms with E-state index in [4.69, 9.17) is 4.74 Å². The number of nitrogens with one attached hydrogen (secondary N) is 1. The fourth-order valence-electron chi connectivity index (χ4n) is 3.32. The van der Waals surface area contributed by atoms with E-state index in [-0.39, 0.29) is 12.0 Å². The molecule has 0 aliphatic carbocycles. The Morgan fingerprint density at radius 1 is 1.30 bits per heavy atom. The Hall–Kier alpha value is -1.44. The molecule has 1 aromatic rings. The molecule has 0 radical (unpaired) electrons. The Morgan fingerprint density at radius 3 is 2.61 bits per heavy atom. The number of piperazine rings is 1. The van der Waals surface area contributed by atoms with E-state index in [0.29, 0.717) is 13.2 Å². The Balaban J connectivity index is 1.53. The lowest BCUT2D eigenvalue weighted by Crippen LogP contribution is -2.54. The zero-order chi connectivity index (χ0) is 16.4. The molecule has 2 saturated heterocycles. The number of amides is 1. The first-order valence-corrected chi connectivity index (χ1v) is 8.39. The van der Waals surface area contributed by atoms with Crippen LogP contribution in [0.4, 0.5) is 0 Å². The molecular weight excluding hydrogens is 294 g/mol. The lowest BCUT2D eigenvalue weighted by atomic mass is 10.1. The Labute approximate surface area is 137 Å². The molecule has 1 unspecified atom stereocenters. The lowest BCUT2D eigenvalue weighted by Gasteiger charge is -2.37. The van der Waals surface area contributed by atoms with Crippen molar-refractivity contribution in [2.45, 2.75) is 26.5 Å². The zero-order valence-corrected chi connectivity index (χ0v) is 14.3. The van der Waals surface area contributed by atoms with E-state index in [9.17, 15) is 4.79 Å². The topological polar surface area (TPSA) is 62.6 Å². The molecule has 1 aromatic heterocycles.